The van der Waals surface area contributed by atoms with Gasteiger partial charge in [-0.1, -0.05) is 37.3 Å². The molecular weight excluding hydrogens is 388 g/mol. The van der Waals surface area contributed by atoms with E-state index in [2.05, 4.69) is 12.2 Å². The molecule has 0 aliphatic carbocycles. The summed E-state index contributed by atoms with van der Waals surface area (Å²) >= 11 is 0. The summed E-state index contributed by atoms with van der Waals surface area (Å²) in [7, 11) is 0. The van der Waals surface area contributed by atoms with Crippen molar-refractivity contribution in [2.24, 2.45) is 0 Å². The van der Waals surface area contributed by atoms with Gasteiger partial charge in [-0.2, -0.15) is 5.10 Å². The Morgan fingerprint density at radius 1 is 1.13 bits per heavy atom. The largest absolute Gasteiger partial charge is 0.439 e. The van der Waals surface area contributed by atoms with Crippen molar-refractivity contribution in [1.29, 1.82) is 0 Å². The Kier molecular flexibility index (Phi) is 7.34. The molecule has 0 atom stereocenters. The van der Waals surface area contributed by atoms with Gasteiger partial charge in [0.15, 0.2) is 0 Å². The van der Waals surface area contributed by atoms with Crippen LogP contribution in [0.4, 0.5) is 4.79 Å². The summed E-state index contributed by atoms with van der Waals surface area (Å²) in [5.41, 5.74) is 3.77. The van der Waals surface area contributed by atoms with Crippen molar-refractivity contribution in [2.75, 3.05) is 6.54 Å². The molecule has 1 N–H and O–H groups in total. The topological polar surface area (TPSA) is 59.4 Å². The number of aryl methyl sites for hydroxylation is 2. The van der Waals surface area contributed by atoms with Gasteiger partial charge in [0, 0.05) is 12.6 Å². The number of rotatable bonds is 8. The van der Waals surface area contributed by atoms with Gasteiger partial charge in [0.1, 0.15) is 5.75 Å². The van der Waals surface area contributed by atoms with Crippen LogP contribution < -0.4 is 10.1 Å². The first-order valence-corrected chi connectivity index (χ1v) is 10.8. The lowest BCUT2D eigenvalue weighted by molar-refractivity contribution is 0.192. The van der Waals surface area contributed by atoms with Crippen LogP contribution >= 0.6 is 0 Å². The molecule has 0 spiro atoms. The smallest absolute Gasteiger partial charge is 0.317 e. The third-order valence-corrected chi connectivity index (χ3v) is 4.88. The Labute approximate surface area is 184 Å². The number of urea groups is 1. The lowest BCUT2D eigenvalue weighted by Gasteiger charge is -2.24. The molecule has 31 heavy (non-hydrogen) atoms. The zero-order valence-corrected chi connectivity index (χ0v) is 19.1. The average Bonchev–Trinajstić information content (AvgIpc) is 3.03. The predicted molar refractivity (Wildman–Crippen MR) is 124 cm³/mol. The van der Waals surface area contributed by atoms with Gasteiger partial charge in [-0.3, -0.25) is 0 Å². The molecule has 164 valence electrons. The maximum atomic E-state index is 12.8. The van der Waals surface area contributed by atoms with Gasteiger partial charge in [-0.05, 0) is 63.9 Å². The van der Waals surface area contributed by atoms with Gasteiger partial charge in [0.05, 0.1) is 23.5 Å². The molecule has 0 radical (unpaired) electrons. The fourth-order valence-corrected chi connectivity index (χ4v) is 3.41. The van der Waals surface area contributed by atoms with Crippen molar-refractivity contribution in [3.63, 3.8) is 0 Å². The van der Waals surface area contributed by atoms with E-state index < -0.39 is 0 Å². The fourth-order valence-electron chi connectivity index (χ4n) is 3.41. The van der Waals surface area contributed by atoms with E-state index in [0.717, 1.165) is 34.7 Å². The van der Waals surface area contributed by atoms with Gasteiger partial charge < -0.3 is 15.0 Å². The minimum Gasteiger partial charge on any atom is -0.439 e. The second-order valence-electron chi connectivity index (χ2n) is 8.06. The van der Waals surface area contributed by atoms with Crippen LogP contribution in [0, 0.1) is 13.8 Å². The van der Waals surface area contributed by atoms with Crippen LogP contribution in [0.5, 0.6) is 11.6 Å². The first-order chi connectivity index (χ1) is 14.9. The molecule has 6 nitrogen and oxygen atoms in total. The van der Waals surface area contributed by atoms with Crippen molar-refractivity contribution in [3.05, 3.63) is 71.4 Å². The lowest BCUT2D eigenvalue weighted by atomic mass is 10.2. The molecule has 0 bridgehead atoms. The van der Waals surface area contributed by atoms with Crippen LogP contribution in [0.3, 0.4) is 0 Å². The number of ether oxygens (including phenoxy) is 1. The molecule has 0 unspecified atom stereocenters. The SMILES string of the molecule is CCCN(Cc1c(C)nn(-c2ccccc2)c1Oc1cccc(C)c1)C(=O)NC(C)C. The number of carbonyl (C=O) groups excluding carboxylic acids is 1. The summed E-state index contributed by atoms with van der Waals surface area (Å²) in [6.07, 6.45) is 0.867. The highest BCUT2D eigenvalue weighted by atomic mass is 16.5. The number of aromatic nitrogens is 2. The van der Waals surface area contributed by atoms with Crippen LogP contribution in [0.15, 0.2) is 54.6 Å². The number of hydrogen-bond donors (Lipinski definition) is 1. The number of hydrogen-bond acceptors (Lipinski definition) is 3. The molecule has 0 fully saturated rings. The summed E-state index contributed by atoms with van der Waals surface area (Å²) in [6, 6.07) is 17.8. The van der Waals surface area contributed by atoms with Crippen LogP contribution in [-0.2, 0) is 6.54 Å². The maximum Gasteiger partial charge on any atom is 0.317 e. The number of nitrogens with zero attached hydrogens (tertiary/aromatic N) is 3. The molecular formula is C25H32N4O2. The molecule has 0 aliphatic rings. The molecule has 0 saturated carbocycles. The monoisotopic (exact) mass is 420 g/mol. The first kappa shape index (κ1) is 22.4. The summed E-state index contributed by atoms with van der Waals surface area (Å²) in [4.78, 5) is 14.6. The second-order valence-corrected chi connectivity index (χ2v) is 8.06. The fraction of sp³-hybridized carbons (Fsp3) is 0.360. The van der Waals surface area contributed by atoms with E-state index >= 15 is 0 Å². The molecule has 0 aliphatic heterocycles. The molecule has 1 heterocycles. The Balaban J connectivity index is 2.03. The van der Waals surface area contributed by atoms with Crippen LogP contribution in [0.25, 0.3) is 5.69 Å². The quantitative estimate of drug-likeness (QED) is 0.515. The number of benzene rings is 2. The highest BCUT2D eigenvalue weighted by molar-refractivity contribution is 5.74. The Morgan fingerprint density at radius 3 is 2.52 bits per heavy atom. The number of para-hydroxylation sites is 1. The third kappa shape index (κ3) is 5.66. The maximum absolute atomic E-state index is 12.8. The minimum absolute atomic E-state index is 0.0722. The van der Waals surface area contributed by atoms with Crippen molar-refractivity contribution in [1.82, 2.24) is 20.0 Å². The van der Waals surface area contributed by atoms with E-state index in [4.69, 9.17) is 9.84 Å². The van der Waals surface area contributed by atoms with E-state index in [-0.39, 0.29) is 12.1 Å². The zero-order chi connectivity index (χ0) is 22.4. The van der Waals surface area contributed by atoms with E-state index in [9.17, 15) is 4.79 Å². The number of carbonyl (C=O) groups is 1. The van der Waals surface area contributed by atoms with Crippen molar-refractivity contribution in [3.8, 4) is 17.3 Å². The lowest BCUT2D eigenvalue weighted by Crippen LogP contribution is -2.43. The predicted octanol–water partition coefficient (Wildman–Crippen LogP) is 5.61. The normalized spacial score (nSPS) is 10.9. The molecule has 3 rings (SSSR count). The summed E-state index contributed by atoms with van der Waals surface area (Å²) < 4.78 is 8.20. The van der Waals surface area contributed by atoms with Crippen LogP contribution in [0.2, 0.25) is 0 Å². The second kappa shape index (κ2) is 10.2. The summed E-state index contributed by atoms with van der Waals surface area (Å²) in [6.45, 7) is 11.1. The molecule has 2 aromatic carbocycles. The molecule has 3 aromatic rings. The first-order valence-electron chi connectivity index (χ1n) is 10.8. The number of nitrogens with one attached hydrogen (secondary N) is 1. The van der Waals surface area contributed by atoms with Gasteiger partial charge in [0.25, 0.3) is 0 Å². The number of amides is 2. The zero-order valence-electron chi connectivity index (χ0n) is 19.1. The Hall–Kier alpha value is -3.28. The van der Waals surface area contributed by atoms with E-state index in [1.54, 1.807) is 0 Å². The highest BCUT2D eigenvalue weighted by Crippen LogP contribution is 2.32. The Bertz CT molecular complexity index is 1010. The van der Waals surface area contributed by atoms with E-state index in [1.807, 2.05) is 91.9 Å². The molecule has 6 heteroatoms. The van der Waals surface area contributed by atoms with Crippen molar-refractivity contribution >= 4 is 6.03 Å². The summed E-state index contributed by atoms with van der Waals surface area (Å²) in [5, 5.41) is 7.77. The standard InChI is InChI=1S/C25H32N4O2/c1-6-15-28(25(30)26-18(2)3)17-23-20(5)27-29(21-12-8-7-9-13-21)24(23)31-22-14-10-11-19(4)16-22/h7-14,16,18H,6,15,17H2,1-5H3,(H,26,30). The van der Waals surface area contributed by atoms with E-state index in [1.165, 1.54) is 0 Å². The van der Waals surface area contributed by atoms with Crippen molar-refractivity contribution < 1.29 is 9.53 Å². The van der Waals surface area contributed by atoms with Gasteiger partial charge in [-0.25, -0.2) is 9.48 Å². The molecule has 2 amide bonds. The van der Waals surface area contributed by atoms with Crippen molar-refractivity contribution in [2.45, 2.75) is 53.6 Å². The third-order valence-electron chi connectivity index (χ3n) is 4.88. The minimum atomic E-state index is -0.0785. The van der Waals surface area contributed by atoms with E-state index in [0.29, 0.717) is 19.0 Å². The summed E-state index contributed by atoms with van der Waals surface area (Å²) in [5.74, 6) is 1.37. The van der Waals surface area contributed by atoms with Gasteiger partial charge in [0.2, 0.25) is 5.88 Å². The highest BCUT2D eigenvalue weighted by Gasteiger charge is 2.23. The van der Waals surface area contributed by atoms with Crippen LogP contribution in [0.1, 0.15) is 44.0 Å². The van der Waals surface area contributed by atoms with Crippen LogP contribution in [-0.4, -0.2) is 33.3 Å². The molecule has 0 saturated heterocycles. The van der Waals surface area contributed by atoms with Gasteiger partial charge >= 0.3 is 6.03 Å². The van der Waals surface area contributed by atoms with Gasteiger partial charge in [-0.15, -0.1) is 0 Å². The molecule has 1 aromatic heterocycles. The Morgan fingerprint density at radius 2 is 1.87 bits per heavy atom. The average molecular weight is 421 g/mol.